The third kappa shape index (κ3) is 5.01. The molecule has 1 aromatic heterocycles. The number of esters is 1. The molecule has 0 aliphatic heterocycles. The van der Waals surface area contributed by atoms with E-state index in [4.69, 9.17) is 14.0 Å². The summed E-state index contributed by atoms with van der Waals surface area (Å²) in [5.74, 6) is 0.978. The summed E-state index contributed by atoms with van der Waals surface area (Å²) in [5, 5.41) is 6.67. The first-order valence-electron chi connectivity index (χ1n) is 9.14. The van der Waals surface area contributed by atoms with Crippen molar-refractivity contribution in [2.45, 2.75) is 26.7 Å². The van der Waals surface area contributed by atoms with E-state index in [1.165, 1.54) is 7.11 Å². The molecule has 0 aliphatic carbocycles. The Morgan fingerprint density at radius 2 is 1.79 bits per heavy atom. The number of aromatic nitrogens is 1. The van der Waals surface area contributed by atoms with Crippen LogP contribution in [0.3, 0.4) is 0 Å². The molecule has 7 heteroatoms. The van der Waals surface area contributed by atoms with Crippen LogP contribution in [0.25, 0.3) is 0 Å². The van der Waals surface area contributed by atoms with Crippen LogP contribution in [-0.4, -0.2) is 24.1 Å². The standard InChI is InChI=1S/C22H22N2O5/c1-14-18(15(2)29-24-14)12-13-21(25)28-17-10-8-16(9-11-17)23-22(26)19-6-4-5-7-20(19)27-3/h4-11H,12-13H2,1-3H3,(H,23,26). The van der Waals surface area contributed by atoms with Crippen LogP contribution in [-0.2, 0) is 11.2 Å². The van der Waals surface area contributed by atoms with Gasteiger partial charge in [0.05, 0.1) is 24.8 Å². The summed E-state index contributed by atoms with van der Waals surface area (Å²) in [6.07, 6.45) is 0.724. The number of hydrogen-bond donors (Lipinski definition) is 1. The number of para-hydroxylation sites is 1. The van der Waals surface area contributed by atoms with E-state index in [0.717, 1.165) is 11.3 Å². The molecular formula is C22H22N2O5. The maximum atomic E-state index is 12.4. The van der Waals surface area contributed by atoms with Gasteiger partial charge in [-0.1, -0.05) is 17.3 Å². The van der Waals surface area contributed by atoms with Gasteiger partial charge in [0, 0.05) is 11.3 Å². The van der Waals surface area contributed by atoms with Crippen LogP contribution in [0.5, 0.6) is 11.5 Å². The molecule has 1 amide bonds. The van der Waals surface area contributed by atoms with E-state index in [2.05, 4.69) is 10.5 Å². The molecule has 2 aromatic carbocycles. The van der Waals surface area contributed by atoms with E-state index < -0.39 is 0 Å². The van der Waals surface area contributed by atoms with Crippen molar-refractivity contribution in [2.24, 2.45) is 0 Å². The zero-order valence-electron chi connectivity index (χ0n) is 16.5. The first kappa shape index (κ1) is 20.1. The lowest BCUT2D eigenvalue weighted by Gasteiger charge is -2.10. The summed E-state index contributed by atoms with van der Waals surface area (Å²) in [6.45, 7) is 3.66. The summed E-state index contributed by atoms with van der Waals surface area (Å²) >= 11 is 0. The zero-order chi connectivity index (χ0) is 20.8. The van der Waals surface area contributed by atoms with Crippen LogP contribution in [0.1, 0.15) is 33.8 Å². The molecule has 0 aliphatic rings. The number of carbonyl (C=O) groups excluding carboxylic acids is 2. The summed E-state index contributed by atoms with van der Waals surface area (Å²) < 4.78 is 15.6. The number of anilines is 1. The monoisotopic (exact) mass is 394 g/mol. The molecular weight excluding hydrogens is 372 g/mol. The molecule has 0 bridgehead atoms. The van der Waals surface area contributed by atoms with Crippen LogP contribution in [0.15, 0.2) is 53.1 Å². The van der Waals surface area contributed by atoms with Gasteiger partial charge in [0.1, 0.15) is 17.3 Å². The second-order valence-electron chi connectivity index (χ2n) is 6.46. The van der Waals surface area contributed by atoms with Crippen molar-refractivity contribution in [3.63, 3.8) is 0 Å². The summed E-state index contributed by atoms with van der Waals surface area (Å²) in [4.78, 5) is 24.5. The Bertz CT molecular complexity index is 989. The van der Waals surface area contributed by atoms with Gasteiger partial charge in [-0.25, -0.2) is 0 Å². The minimum atomic E-state index is -0.351. The van der Waals surface area contributed by atoms with Gasteiger partial charge >= 0.3 is 5.97 Å². The maximum absolute atomic E-state index is 12.4. The highest BCUT2D eigenvalue weighted by molar-refractivity contribution is 6.06. The summed E-state index contributed by atoms with van der Waals surface area (Å²) in [6, 6.07) is 13.6. The van der Waals surface area contributed by atoms with Gasteiger partial charge in [0.25, 0.3) is 5.91 Å². The SMILES string of the molecule is COc1ccccc1C(=O)Nc1ccc(OC(=O)CCc2c(C)noc2C)cc1. The second kappa shape index (κ2) is 9.05. The quantitative estimate of drug-likeness (QED) is 0.479. The number of aryl methyl sites for hydroxylation is 2. The van der Waals surface area contributed by atoms with E-state index in [1.54, 1.807) is 48.5 Å². The van der Waals surface area contributed by atoms with Gasteiger partial charge in [-0.15, -0.1) is 0 Å². The van der Waals surface area contributed by atoms with Crippen molar-refractivity contribution in [2.75, 3.05) is 12.4 Å². The number of hydrogen-bond acceptors (Lipinski definition) is 6. The number of nitrogens with zero attached hydrogens (tertiary/aromatic N) is 1. The fourth-order valence-corrected chi connectivity index (χ4v) is 2.91. The maximum Gasteiger partial charge on any atom is 0.311 e. The molecule has 0 radical (unpaired) electrons. The average Bonchev–Trinajstić information content (AvgIpc) is 3.05. The molecule has 29 heavy (non-hydrogen) atoms. The molecule has 0 atom stereocenters. The van der Waals surface area contributed by atoms with Crippen molar-refractivity contribution in [3.8, 4) is 11.5 Å². The fourth-order valence-electron chi connectivity index (χ4n) is 2.91. The number of rotatable bonds is 7. The minimum absolute atomic E-state index is 0.217. The Morgan fingerprint density at radius 3 is 2.45 bits per heavy atom. The number of methoxy groups -OCH3 is 1. The molecule has 0 saturated heterocycles. The lowest BCUT2D eigenvalue weighted by molar-refractivity contribution is -0.134. The number of amides is 1. The average molecular weight is 394 g/mol. The number of carbonyl (C=O) groups is 2. The number of nitrogens with one attached hydrogen (secondary N) is 1. The molecule has 7 nitrogen and oxygen atoms in total. The van der Waals surface area contributed by atoms with Gasteiger partial charge < -0.3 is 19.3 Å². The summed E-state index contributed by atoms with van der Waals surface area (Å²) in [7, 11) is 1.51. The molecule has 3 aromatic rings. The Labute approximate surface area is 168 Å². The molecule has 0 fully saturated rings. The van der Waals surface area contributed by atoms with Crippen LogP contribution in [0.2, 0.25) is 0 Å². The summed E-state index contributed by atoms with van der Waals surface area (Å²) in [5.41, 5.74) is 2.73. The van der Waals surface area contributed by atoms with E-state index in [1.807, 2.05) is 13.8 Å². The van der Waals surface area contributed by atoms with E-state index in [-0.39, 0.29) is 18.3 Å². The van der Waals surface area contributed by atoms with Crippen molar-refractivity contribution in [1.29, 1.82) is 0 Å². The Morgan fingerprint density at radius 1 is 1.07 bits per heavy atom. The van der Waals surface area contributed by atoms with Crippen molar-refractivity contribution < 1.29 is 23.6 Å². The number of benzene rings is 2. The van der Waals surface area contributed by atoms with Crippen LogP contribution in [0, 0.1) is 13.8 Å². The molecule has 0 spiro atoms. The van der Waals surface area contributed by atoms with E-state index in [0.29, 0.717) is 34.9 Å². The normalized spacial score (nSPS) is 10.4. The van der Waals surface area contributed by atoms with Gasteiger partial charge in [-0.2, -0.15) is 0 Å². The molecule has 3 rings (SSSR count). The van der Waals surface area contributed by atoms with E-state index >= 15 is 0 Å². The number of ether oxygens (including phenoxy) is 2. The predicted octanol–water partition coefficient (Wildman–Crippen LogP) is 4.09. The van der Waals surface area contributed by atoms with Gasteiger partial charge in [-0.3, -0.25) is 9.59 Å². The lowest BCUT2D eigenvalue weighted by atomic mass is 10.1. The highest BCUT2D eigenvalue weighted by Crippen LogP contribution is 2.21. The van der Waals surface area contributed by atoms with Crippen LogP contribution in [0.4, 0.5) is 5.69 Å². The highest BCUT2D eigenvalue weighted by atomic mass is 16.5. The molecule has 150 valence electrons. The smallest absolute Gasteiger partial charge is 0.311 e. The highest BCUT2D eigenvalue weighted by Gasteiger charge is 2.14. The Kier molecular flexibility index (Phi) is 6.29. The minimum Gasteiger partial charge on any atom is -0.496 e. The third-order valence-electron chi connectivity index (χ3n) is 4.46. The Hall–Kier alpha value is -3.61. The first-order valence-corrected chi connectivity index (χ1v) is 9.14. The lowest BCUT2D eigenvalue weighted by Crippen LogP contribution is -2.13. The topological polar surface area (TPSA) is 90.7 Å². The van der Waals surface area contributed by atoms with Crippen molar-refractivity contribution in [1.82, 2.24) is 5.16 Å². The molecule has 0 saturated carbocycles. The van der Waals surface area contributed by atoms with Gasteiger partial charge in [0.2, 0.25) is 0 Å². The van der Waals surface area contributed by atoms with Crippen LogP contribution < -0.4 is 14.8 Å². The van der Waals surface area contributed by atoms with Crippen molar-refractivity contribution >= 4 is 17.6 Å². The molecule has 0 unspecified atom stereocenters. The van der Waals surface area contributed by atoms with Gasteiger partial charge in [0.15, 0.2) is 0 Å². The van der Waals surface area contributed by atoms with Crippen LogP contribution >= 0.6 is 0 Å². The fraction of sp³-hybridized carbons (Fsp3) is 0.227. The Balaban J connectivity index is 1.56. The third-order valence-corrected chi connectivity index (χ3v) is 4.46. The first-order chi connectivity index (χ1) is 14.0. The molecule has 1 heterocycles. The largest absolute Gasteiger partial charge is 0.496 e. The predicted molar refractivity (Wildman–Crippen MR) is 107 cm³/mol. The zero-order valence-corrected chi connectivity index (χ0v) is 16.5. The van der Waals surface area contributed by atoms with Gasteiger partial charge in [-0.05, 0) is 56.7 Å². The molecule has 1 N–H and O–H groups in total. The van der Waals surface area contributed by atoms with Crippen molar-refractivity contribution in [3.05, 3.63) is 71.1 Å². The van der Waals surface area contributed by atoms with E-state index in [9.17, 15) is 9.59 Å². The second-order valence-corrected chi connectivity index (χ2v) is 6.46.